The summed E-state index contributed by atoms with van der Waals surface area (Å²) < 4.78 is 5.28. The van der Waals surface area contributed by atoms with E-state index in [0.29, 0.717) is 11.8 Å². The molecule has 1 heterocycles. The van der Waals surface area contributed by atoms with Crippen molar-refractivity contribution in [1.29, 1.82) is 5.41 Å². The number of aromatic nitrogens is 1. The summed E-state index contributed by atoms with van der Waals surface area (Å²) in [5, 5.41) is 12.2. The number of methoxy groups -OCH3 is 1. The van der Waals surface area contributed by atoms with Gasteiger partial charge in [-0.1, -0.05) is 45.2 Å². The molecule has 2 rings (SSSR count). The Morgan fingerprint density at radius 2 is 2.00 bits per heavy atom. The Bertz CT molecular complexity index is 684. The number of benzene rings is 1. The van der Waals surface area contributed by atoms with Crippen molar-refractivity contribution in [3.63, 3.8) is 0 Å². The van der Waals surface area contributed by atoms with Crippen LogP contribution in [-0.4, -0.2) is 23.8 Å². The molecule has 2 N–H and O–H groups in total. The minimum Gasteiger partial charge on any atom is -0.497 e. The summed E-state index contributed by atoms with van der Waals surface area (Å²) in [7, 11) is 1.64. The highest BCUT2D eigenvalue weighted by molar-refractivity contribution is 6.13. The predicted octanol–water partition coefficient (Wildman–Crippen LogP) is 5.28. The molecule has 0 aliphatic rings. The molecule has 1 aromatic heterocycles. The SMILES string of the molecule is CCCCC(CCC)Nc1ncccc1C(=N)c1cccc(OC)c1. The second-order valence-corrected chi connectivity index (χ2v) is 6.28. The summed E-state index contributed by atoms with van der Waals surface area (Å²) >= 11 is 0. The van der Waals surface area contributed by atoms with Gasteiger partial charge in [0, 0.05) is 23.4 Å². The zero-order valence-electron chi connectivity index (χ0n) is 15.5. The van der Waals surface area contributed by atoms with E-state index in [-0.39, 0.29) is 0 Å². The monoisotopic (exact) mass is 339 g/mol. The average Bonchev–Trinajstić information content (AvgIpc) is 2.66. The van der Waals surface area contributed by atoms with Crippen molar-refractivity contribution in [2.45, 2.75) is 52.0 Å². The molecular weight excluding hydrogens is 310 g/mol. The lowest BCUT2D eigenvalue weighted by molar-refractivity contribution is 0.414. The summed E-state index contributed by atoms with van der Waals surface area (Å²) in [5.74, 6) is 1.55. The highest BCUT2D eigenvalue weighted by atomic mass is 16.5. The number of nitrogens with zero attached hydrogens (tertiary/aromatic N) is 1. The summed E-state index contributed by atoms with van der Waals surface area (Å²) in [5.41, 5.74) is 2.12. The van der Waals surface area contributed by atoms with Gasteiger partial charge in [-0.25, -0.2) is 4.98 Å². The van der Waals surface area contributed by atoms with Gasteiger partial charge in [-0.15, -0.1) is 0 Å². The molecule has 4 heteroatoms. The van der Waals surface area contributed by atoms with Gasteiger partial charge in [0.15, 0.2) is 0 Å². The number of anilines is 1. The molecule has 1 atom stereocenters. The maximum Gasteiger partial charge on any atom is 0.135 e. The van der Waals surface area contributed by atoms with E-state index in [2.05, 4.69) is 24.1 Å². The Morgan fingerprint density at radius 3 is 2.72 bits per heavy atom. The van der Waals surface area contributed by atoms with E-state index >= 15 is 0 Å². The second kappa shape index (κ2) is 9.82. The molecule has 0 saturated heterocycles. The third-order valence-electron chi connectivity index (χ3n) is 4.32. The van der Waals surface area contributed by atoms with Gasteiger partial charge in [0.05, 0.1) is 12.8 Å². The first-order chi connectivity index (χ1) is 12.2. The van der Waals surface area contributed by atoms with Crippen molar-refractivity contribution in [3.8, 4) is 5.75 Å². The second-order valence-electron chi connectivity index (χ2n) is 6.28. The Kier molecular flexibility index (Phi) is 7.45. The number of hydrogen-bond acceptors (Lipinski definition) is 4. The van der Waals surface area contributed by atoms with Crippen LogP contribution in [0.1, 0.15) is 57.1 Å². The van der Waals surface area contributed by atoms with Crippen LogP contribution in [-0.2, 0) is 0 Å². The molecule has 0 spiro atoms. The molecule has 2 aromatic rings. The zero-order valence-corrected chi connectivity index (χ0v) is 15.5. The summed E-state index contributed by atoms with van der Waals surface area (Å²) in [6, 6.07) is 11.9. The first-order valence-electron chi connectivity index (χ1n) is 9.14. The van der Waals surface area contributed by atoms with Crippen LogP contribution in [0.5, 0.6) is 5.75 Å². The van der Waals surface area contributed by atoms with Crippen LogP contribution in [0, 0.1) is 5.41 Å². The predicted molar refractivity (Wildman–Crippen MR) is 105 cm³/mol. The standard InChI is InChI=1S/C21H29N3O/c1-4-6-11-17(9-5-2)24-21-19(13-8-14-23-21)20(22)16-10-7-12-18(15-16)25-3/h7-8,10,12-15,17,22H,4-6,9,11H2,1-3H3,(H,23,24). The molecule has 1 unspecified atom stereocenters. The van der Waals surface area contributed by atoms with E-state index in [1.165, 1.54) is 12.8 Å². The van der Waals surface area contributed by atoms with Crippen LogP contribution in [0.4, 0.5) is 5.82 Å². The Balaban J connectivity index is 2.25. The lowest BCUT2D eigenvalue weighted by atomic mass is 10.0. The van der Waals surface area contributed by atoms with E-state index < -0.39 is 0 Å². The maximum absolute atomic E-state index is 8.63. The van der Waals surface area contributed by atoms with E-state index in [1.54, 1.807) is 13.3 Å². The third-order valence-corrected chi connectivity index (χ3v) is 4.32. The van der Waals surface area contributed by atoms with Crippen LogP contribution in [0.2, 0.25) is 0 Å². The van der Waals surface area contributed by atoms with Crippen molar-refractivity contribution >= 4 is 11.5 Å². The van der Waals surface area contributed by atoms with Gasteiger partial charge in [-0.05, 0) is 37.1 Å². The quantitative estimate of drug-likeness (QED) is 0.579. The van der Waals surface area contributed by atoms with Gasteiger partial charge in [0.1, 0.15) is 11.6 Å². The zero-order chi connectivity index (χ0) is 18.1. The van der Waals surface area contributed by atoms with Crippen molar-refractivity contribution < 1.29 is 4.74 Å². The topological polar surface area (TPSA) is 58.0 Å². The van der Waals surface area contributed by atoms with Crippen molar-refractivity contribution in [3.05, 3.63) is 53.7 Å². The normalized spacial score (nSPS) is 11.8. The Morgan fingerprint density at radius 1 is 1.16 bits per heavy atom. The van der Waals surface area contributed by atoms with Gasteiger partial charge < -0.3 is 10.1 Å². The molecule has 0 amide bonds. The largest absolute Gasteiger partial charge is 0.497 e. The molecule has 4 nitrogen and oxygen atoms in total. The molecule has 0 radical (unpaired) electrons. The number of ether oxygens (including phenoxy) is 1. The lowest BCUT2D eigenvalue weighted by Gasteiger charge is -2.20. The van der Waals surface area contributed by atoms with E-state index in [4.69, 9.17) is 10.1 Å². The molecule has 0 fully saturated rings. The molecule has 134 valence electrons. The first-order valence-corrected chi connectivity index (χ1v) is 9.14. The van der Waals surface area contributed by atoms with Crippen LogP contribution >= 0.6 is 0 Å². The van der Waals surface area contributed by atoms with Gasteiger partial charge in [0.25, 0.3) is 0 Å². The minimum atomic E-state index is 0.400. The highest BCUT2D eigenvalue weighted by Gasteiger charge is 2.15. The Labute approximate surface area is 151 Å². The summed E-state index contributed by atoms with van der Waals surface area (Å²) in [6.45, 7) is 4.42. The van der Waals surface area contributed by atoms with Crippen LogP contribution < -0.4 is 10.1 Å². The van der Waals surface area contributed by atoms with Crippen molar-refractivity contribution in [2.75, 3.05) is 12.4 Å². The highest BCUT2D eigenvalue weighted by Crippen LogP contribution is 2.22. The van der Waals surface area contributed by atoms with Crippen LogP contribution in [0.15, 0.2) is 42.6 Å². The molecule has 1 aromatic carbocycles. The van der Waals surface area contributed by atoms with Gasteiger partial charge in [-0.3, -0.25) is 5.41 Å². The van der Waals surface area contributed by atoms with Gasteiger partial charge in [-0.2, -0.15) is 0 Å². The molecule has 0 bridgehead atoms. The fourth-order valence-electron chi connectivity index (χ4n) is 2.94. The van der Waals surface area contributed by atoms with Crippen LogP contribution in [0.25, 0.3) is 0 Å². The maximum atomic E-state index is 8.63. The summed E-state index contributed by atoms with van der Waals surface area (Å²) in [6.07, 6.45) is 7.56. The van der Waals surface area contributed by atoms with E-state index in [9.17, 15) is 0 Å². The molecule has 0 aliphatic heterocycles. The smallest absolute Gasteiger partial charge is 0.135 e. The average molecular weight is 339 g/mol. The lowest BCUT2D eigenvalue weighted by Crippen LogP contribution is -2.22. The third kappa shape index (κ3) is 5.31. The number of unbranched alkanes of at least 4 members (excludes halogenated alkanes) is 1. The van der Waals surface area contributed by atoms with Crippen molar-refractivity contribution in [2.24, 2.45) is 0 Å². The number of nitrogens with one attached hydrogen (secondary N) is 2. The first kappa shape index (κ1) is 19.0. The van der Waals surface area contributed by atoms with Gasteiger partial charge >= 0.3 is 0 Å². The van der Waals surface area contributed by atoms with Crippen LogP contribution in [0.3, 0.4) is 0 Å². The number of rotatable bonds is 10. The molecule has 0 saturated carbocycles. The van der Waals surface area contributed by atoms with E-state index in [1.807, 2.05) is 36.4 Å². The fraction of sp³-hybridized carbons (Fsp3) is 0.429. The van der Waals surface area contributed by atoms with Crippen molar-refractivity contribution in [1.82, 2.24) is 4.98 Å². The minimum absolute atomic E-state index is 0.400. The molecule has 25 heavy (non-hydrogen) atoms. The fourth-order valence-corrected chi connectivity index (χ4v) is 2.94. The van der Waals surface area contributed by atoms with E-state index in [0.717, 1.165) is 42.0 Å². The summed E-state index contributed by atoms with van der Waals surface area (Å²) in [4.78, 5) is 4.51. The number of hydrogen-bond donors (Lipinski definition) is 2. The molecule has 0 aliphatic carbocycles. The Hall–Kier alpha value is -2.36. The number of pyridine rings is 1. The van der Waals surface area contributed by atoms with Gasteiger partial charge in [0.2, 0.25) is 0 Å². The molecular formula is C21H29N3O.